The second kappa shape index (κ2) is 6.71. The van der Waals surface area contributed by atoms with Gasteiger partial charge < -0.3 is 14.8 Å². The Bertz CT molecular complexity index is 365. The van der Waals surface area contributed by atoms with Crippen LogP contribution in [0.15, 0.2) is 18.3 Å². The van der Waals surface area contributed by atoms with E-state index < -0.39 is 0 Å². The minimum absolute atomic E-state index is 0.499. The zero-order valence-electron chi connectivity index (χ0n) is 11.2. The van der Waals surface area contributed by atoms with Gasteiger partial charge in [0.1, 0.15) is 0 Å². The maximum absolute atomic E-state index is 5.39. The van der Waals surface area contributed by atoms with Crippen LogP contribution in [0.3, 0.4) is 0 Å². The van der Waals surface area contributed by atoms with E-state index >= 15 is 0 Å². The molecule has 2 rings (SSSR count). The van der Waals surface area contributed by atoms with Crippen molar-refractivity contribution in [2.75, 3.05) is 20.3 Å². The Morgan fingerprint density at radius 3 is 3.00 bits per heavy atom. The molecule has 1 atom stereocenters. The Morgan fingerprint density at radius 1 is 1.50 bits per heavy atom. The smallest absolute Gasteiger partial charge is 0.217 e. The number of ether oxygens (including phenoxy) is 2. The molecule has 1 aromatic heterocycles. The molecule has 0 bridgehead atoms. The van der Waals surface area contributed by atoms with E-state index in [-0.39, 0.29) is 0 Å². The highest BCUT2D eigenvalue weighted by Gasteiger charge is 2.20. The average molecular weight is 250 g/mol. The first-order chi connectivity index (χ1) is 8.81. The molecule has 0 radical (unpaired) electrons. The van der Waals surface area contributed by atoms with Gasteiger partial charge in [-0.3, -0.25) is 0 Å². The van der Waals surface area contributed by atoms with Crippen LogP contribution in [-0.4, -0.2) is 31.3 Å². The first-order valence-electron chi connectivity index (χ1n) is 6.60. The maximum Gasteiger partial charge on any atom is 0.217 e. The van der Waals surface area contributed by atoms with E-state index in [1.165, 1.54) is 0 Å². The average Bonchev–Trinajstić information content (AvgIpc) is 2.46. The third kappa shape index (κ3) is 3.43. The molecule has 4 heteroatoms. The Hall–Kier alpha value is -1.13. The molecule has 0 aromatic carbocycles. The monoisotopic (exact) mass is 250 g/mol. The quantitative estimate of drug-likeness (QED) is 0.868. The fourth-order valence-corrected chi connectivity index (χ4v) is 2.40. The van der Waals surface area contributed by atoms with E-state index in [1.807, 2.05) is 6.07 Å². The summed E-state index contributed by atoms with van der Waals surface area (Å²) < 4.78 is 10.6. The molecule has 0 amide bonds. The first-order valence-corrected chi connectivity index (χ1v) is 6.60. The summed E-state index contributed by atoms with van der Waals surface area (Å²) in [6, 6.07) is 4.49. The zero-order chi connectivity index (χ0) is 12.8. The maximum atomic E-state index is 5.39. The minimum atomic E-state index is 0.499. The van der Waals surface area contributed by atoms with Crippen molar-refractivity contribution in [3.8, 4) is 5.88 Å². The molecule has 1 fully saturated rings. The van der Waals surface area contributed by atoms with Gasteiger partial charge in [0.25, 0.3) is 0 Å². The highest BCUT2D eigenvalue weighted by Crippen LogP contribution is 2.20. The SMILES string of the molecule is COc1ncccc1CNC(C)C1CCOCC1. The minimum Gasteiger partial charge on any atom is -0.481 e. The van der Waals surface area contributed by atoms with E-state index in [4.69, 9.17) is 9.47 Å². The van der Waals surface area contributed by atoms with Crippen molar-refractivity contribution in [2.45, 2.75) is 32.4 Å². The number of nitrogens with zero attached hydrogens (tertiary/aromatic N) is 1. The number of aromatic nitrogens is 1. The predicted molar refractivity (Wildman–Crippen MR) is 70.6 cm³/mol. The van der Waals surface area contributed by atoms with Crippen LogP contribution in [-0.2, 0) is 11.3 Å². The highest BCUT2D eigenvalue weighted by atomic mass is 16.5. The van der Waals surface area contributed by atoms with Gasteiger partial charge in [-0.15, -0.1) is 0 Å². The molecule has 1 unspecified atom stereocenters. The van der Waals surface area contributed by atoms with E-state index in [1.54, 1.807) is 13.3 Å². The zero-order valence-corrected chi connectivity index (χ0v) is 11.2. The number of hydrogen-bond acceptors (Lipinski definition) is 4. The predicted octanol–water partition coefficient (Wildman–Crippen LogP) is 1.99. The number of hydrogen-bond donors (Lipinski definition) is 1. The van der Waals surface area contributed by atoms with Crippen LogP contribution in [0.5, 0.6) is 5.88 Å². The van der Waals surface area contributed by atoms with Crippen molar-refractivity contribution in [1.82, 2.24) is 10.3 Å². The van der Waals surface area contributed by atoms with Gasteiger partial charge in [-0.2, -0.15) is 0 Å². The molecule has 1 aliphatic rings. The molecule has 0 spiro atoms. The van der Waals surface area contributed by atoms with Crippen molar-refractivity contribution >= 4 is 0 Å². The van der Waals surface area contributed by atoms with Gasteiger partial charge in [0.2, 0.25) is 5.88 Å². The van der Waals surface area contributed by atoms with Gasteiger partial charge in [0.05, 0.1) is 7.11 Å². The fourth-order valence-electron chi connectivity index (χ4n) is 2.40. The van der Waals surface area contributed by atoms with E-state index in [0.29, 0.717) is 17.8 Å². The lowest BCUT2D eigenvalue weighted by molar-refractivity contribution is 0.0557. The molecular weight excluding hydrogens is 228 g/mol. The normalized spacial score (nSPS) is 18.6. The standard InChI is InChI=1S/C14H22N2O2/c1-11(12-5-8-18-9-6-12)16-10-13-4-3-7-15-14(13)17-2/h3-4,7,11-12,16H,5-6,8-10H2,1-2H3. The molecule has 100 valence electrons. The lowest BCUT2D eigenvalue weighted by Crippen LogP contribution is -2.36. The summed E-state index contributed by atoms with van der Waals surface area (Å²) in [5, 5.41) is 3.57. The van der Waals surface area contributed by atoms with E-state index in [9.17, 15) is 0 Å². The third-order valence-corrected chi connectivity index (χ3v) is 3.63. The van der Waals surface area contributed by atoms with Crippen molar-refractivity contribution in [2.24, 2.45) is 5.92 Å². The van der Waals surface area contributed by atoms with Crippen LogP contribution in [0.25, 0.3) is 0 Å². The molecule has 4 nitrogen and oxygen atoms in total. The number of pyridine rings is 1. The largest absolute Gasteiger partial charge is 0.481 e. The molecule has 1 saturated heterocycles. The summed E-state index contributed by atoms with van der Waals surface area (Å²) in [5.74, 6) is 1.42. The number of rotatable bonds is 5. The van der Waals surface area contributed by atoms with Crippen LogP contribution in [0.1, 0.15) is 25.3 Å². The van der Waals surface area contributed by atoms with Crippen molar-refractivity contribution in [3.63, 3.8) is 0 Å². The fraction of sp³-hybridized carbons (Fsp3) is 0.643. The van der Waals surface area contributed by atoms with Gasteiger partial charge in [-0.25, -0.2) is 4.98 Å². The topological polar surface area (TPSA) is 43.4 Å². The van der Waals surface area contributed by atoms with Crippen LogP contribution in [0.2, 0.25) is 0 Å². The van der Waals surface area contributed by atoms with Gasteiger partial charge in [0.15, 0.2) is 0 Å². The molecule has 2 heterocycles. The summed E-state index contributed by atoms with van der Waals surface area (Å²) >= 11 is 0. The number of nitrogens with one attached hydrogen (secondary N) is 1. The molecule has 18 heavy (non-hydrogen) atoms. The van der Waals surface area contributed by atoms with Crippen LogP contribution >= 0.6 is 0 Å². The van der Waals surface area contributed by atoms with Gasteiger partial charge in [-0.1, -0.05) is 6.07 Å². The van der Waals surface area contributed by atoms with Crippen LogP contribution in [0, 0.1) is 5.92 Å². The molecule has 1 aliphatic heterocycles. The van der Waals surface area contributed by atoms with Crippen LogP contribution < -0.4 is 10.1 Å². The summed E-state index contributed by atoms with van der Waals surface area (Å²) in [5.41, 5.74) is 1.11. The summed E-state index contributed by atoms with van der Waals surface area (Å²) in [7, 11) is 1.66. The van der Waals surface area contributed by atoms with Crippen molar-refractivity contribution < 1.29 is 9.47 Å². The Labute approximate surface area is 109 Å². The van der Waals surface area contributed by atoms with Gasteiger partial charge >= 0.3 is 0 Å². The molecule has 0 saturated carbocycles. The molecule has 0 aliphatic carbocycles. The Kier molecular flexibility index (Phi) is 4.96. The second-order valence-corrected chi connectivity index (χ2v) is 4.79. The van der Waals surface area contributed by atoms with Gasteiger partial charge in [-0.05, 0) is 31.7 Å². The first kappa shape index (κ1) is 13.3. The summed E-state index contributed by atoms with van der Waals surface area (Å²) in [6.45, 7) is 4.84. The lowest BCUT2D eigenvalue weighted by Gasteiger charge is -2.28. The number of methoxy groups -OCH3 is 1. The lowest BCUT2D eigenvalue weighted by atomic mass is 9.93. The third-order valence-electron chi connectivity index (χ3n) is 3.63. The van der Waals surface area contributed by atoms with Crippen molar-refractivity contribution in [1.29, 1.82) is 0 Å². The Morgan fingerprint density at radius 2 is 2.28 bits per heavy atom. The van der Waals surface area contributed by atoms with E-state index in [0.717, 1.165) is 38.2 Å². The summed E-state index contributed by atoms with van der Waals surface area (Å²) in [6.07, 6.45) is 4.06. The molecule has 1 aromatic rings. The molecule has 1 N–H and O–H groups in total. The highest BCUT2D eigenvalue weighted by molar-refractivity contribution is 5.25. The molecular formula is C14H22N2O2. The summed E-state index contributed by atoms with van der Waals surface area (Å²) in [4.78, 5) is 4.21. The van der Waals surface area contributed by atoms with Gasteiger partial charge in [0, 0.05) is 37.6 Å². The Balaban J connectivity index is 1.86. The second-order valence-electron chi connectivity index (χ2n) is 4.79. The van der Waals surface area contributed by atoms with Crippen LogP contribution in [0.4, 0.5) is 0 Å². The van der Waals surface area contributed by atoms with E-state index in [2.05, 4.69) is 23.3 Å². The van der Waals surface area contributed by atoms with Crippen molar-refractivity contribution in [3.05, 3.63) is 23.9 Å².